The van der Waals surface area contributed by atoms with E-state index < -0.39 is 33.3 Å². The van der Waals surface area contributed by atoms with Crippen molar-refractivity contribution in [3.05, 3.63) is 54.1 Å². The van der Waals surface area contributed by atoms with Crippen LogP contribution in [0.25, 0.3) is 0 Å². The van der Waals surface area contributed by atoms with Crippen LogP contribution >= 0.6 is 0 Å². The van der Waals surface area contributed by atoms with Crippen LogP contribution in [-0.4, -0.2) is 15.0 Å². The summed E-state index contributed by atoms with van der Waals surface area (Å²) in [5.74, 6) is -0.219. The van der Waals surface area contributed by atoms with Crippen LogP contribution in [0.5, 0.6) is 5.75 Å². The summed E-state index contributed by atoms with van der Waals surface area (Å²) >= 11 is 0. The second-order valence-corrected chi connectivity index (χ2v) is 6.15. The first kappa shape index (κ1) is 18.0. The molecule has 24 heavy (non-hydrogen) atoms. The smallest absolute Gasteiger partial charge is 0.417 e. The summed E-state index contributed by atoms with van der Waals surface area (Å²) in [5.41, 5.74) is -1.41. The molecule has 0 spiro atoms. The zero-order valence-corrected chi connectivity index (χ0v) is 12.5. The lowest BCUT2D eigenvalue weighted by Crippen LogP contribution is -2.18. The molecule has 4 nitrogen and oxygen atoms in total. The minimum absolute atomic E-state index is 0.103. The maximum atomic E-state index is 12.9. The third kappa shape index (κ3) is 4.34. The average Bonchev–Trinajstić information content (AvgIpc) is 2.48. The van der Waals surface area contributed by atoms with E-state index in [9.17, 15) is 30.4 Å². The van der Waals surface area contributed by atoms with Gasteiger partial charge in [-0.3, -0.25) is 4.72 Å². The Bertz CT molecular complexity index is 804. The van der Waals surface area contributed by atoms with E-state index >= 15 is 0 Å². The fourth-order valence-electron chi connectivity index (χ4n) is 1.85. The van der Waals surface area contributed by atoms with Gasteiger partial charge in [0, 0.05) is 5.69 Å². The molecule has 0 bridgehead atoms. The van der Waals surface area contributed by atoms with Gasteiger partial charge in [-0.2, -0.15) is 22.0 Å². The molecule has 0 aliphatic carbocycles. The first-order chi connectivity index (χ1) is 11.1. The third-order valence-corrected chi connectivity index (χ3v) is 4.25. The summed E-state index contributed by atoms with van der Waals surface area (Å²) < 4.78 is 93.2. The molecule has 0 heterocycles. The van der Waals surface area contributed by atoms with Crippen molar-refractivity contribution >= 4 is 15.7 Å². The fraction of sp³-hybridized carbons (Fsp3) is 0.143. The maximum absolute atomic E-state index is 12.9. The Morgan fingerprint density at radius 1 is 0.958 bits per heavy atom. The molecule has 0 fully saturated rings. The normalized spacial score (nSPS) is 12.2. The van der Waals surface area contributed by atoms with E-state index in [-0.39, 0.29) is 11.4 Å². The molecule has 0 aromatic heterocycles. The molecular weight excluding hydrogens is 357 g/mol. The van der Waals surface area contributed by atoms with E-state index in [1.54, 1.807) is 0 Å². The maximum Gasteiger partial charge on any atom is 0.417 e. The highest BCUT2D eigenvalue weighted by Gasteiger charge is 2.36. The van der Waals surface area contributed by atoms with Crippen molar-refractivity contribution in [2.75, 3.05) is 4.72 Å². The van der Waals surface area contributed by atoms with Crippen molar-refractivity contribution in [3.63, 3.8) is 0 Å². The Balaban J connectivity index is 2.30. The zero-order chi connectivity index (χ0) is 18.0. The summed E-state index contributed by atoms with van der Waals surface area (Å²) in [6, 6.07) is 7.98. The molecule has 130 valence electrons. The molecule has 1 N–H and O–H groups in total. The average molecular weight is 367 g/mol. The summed E-state index contributed by atoms with van der Waals surface area (Å²) in [6.07, 6.45) is -4.85. The molecule has 2 aromatic carbocycles. The highest BCUT2D eigenvalue weighted by Crippen LogP contribution is 2.34. The molecule has 0 aliphatic rings. The second kappa shape index (κ2) is 6.63. The van der Waals surface area contributed by atoms with E-state index in [1.165, 1.54) is 0 Å². The van der Waals surface area contributed by atoms with Gasteiger partial charge in [0.15, 0.2) is 0 Å². The van der Waals surface area contributed by atoms with Gasteiger partial charge in [0.25, 0.3) is 10.0 Å². The summed E-state index contributed by atoms with van der Waals surface area (Å²) in [6.45, 7) is -3.05. The fourth-order valence-corrected chi connectivity index (χ4v) is 3.14. The molecule has 0 unspecified atom stereocenters. The first-order valence-electron chi connectivity index (χ1n) is 6.33. The van der Waals surface area contributed by atoms with Gasteiger partial charge < -0.3 is 4.74 Å². The predicted octanol–water partition coefficient (Wildman–Crippen LogP) is 4.11. The largest absolute Gasteiger partial charge is 0.435 e. The lowest BCUT2D eigenvalue weighted by Gasteiger charge is -2.14. The van der Waals surface area contributed by atoms with E-state index in [0.29, 0.717) is 6.07 Å². The number of sulfonamides is 1. The zero-order valence-electron chi connectivity index (χ0n) is 11.7. The third-order valence-electron chi connectivity index (χ3n) is 2.81. The summed E-state index contributed by atoms with van der Waals surface area (Å²) in [4.78, 5) is -0.939. The molecule has 2 rings (SSSR count). The number of hydrogen-bond acceptors (Lipinski definition) is 3. The van der Waals surface area contributed by atoms with Crippen LogP contribution in [0.4, 0.5) is 27.6 Å². The quantitative estimate of drug-likeness (QED) is 0.810. The van der Waals surface area contributed by atoms with Crippen molar-refractivity contribution in [1.29, 1.82) is 0 Å². The van der Waals surface area contributed by atoms with Crippen LogP contribution in [0.3, 0.4) is 0 Å². The first-order valence-corrected chi connectivity index (χ1v) is 7.82. The Morgan fingerprint density at radius 3 is 2.08 bits per heavy atom. The van der Waals surface area contributed by atoms with E-state index in [0.717, 1.165) is 42.5 Å². The molecule has 0 saturated heterocycles. The molecule has 0 radical (unpaired) electrons. The summed E-state index contributed by atoms with van der Waals surface area (Å²) in [5, 5.41) is 0. The van der Waals surface area contributed by atoms with Crippen LogP contribution in [0.15, 0.2) is 53.4 Å². The standard InChI is InChI=1S/C14H10F5NO3S/c15-13(16)23-10-7-5-9(6-8-10)20-24(21,22)12-4-2-1-3-11(12)14(17,18)19/h1-8,13,20H. The number of benzene rings is 2. The lowest BCUT2D eigenvalue weighted by molar-refractivity contribution is -0.139. The van der Waals surface area contributed by atoms with Crippen LogP contribution in [0, 0.1) is 0 Å². The van der Waals surface area contributed by atoms with Crippen molar-refractivity contribution in [3.8, 4) is 5.75 Å². The predicted molar refractivity (Wildman–Crippen MR) is 75.3 cm³/mol. The van der Waals surface area contributed by atoms with E-state index in [1.807, 2.05) is 4.72 Å². The van der Waals surface area contributed by atoms with Crippen molar-refractivity contribution in [1.82, 2.24) is 0 Å². The molecule has 0 amide bonds. The Morgan fingerprint density at radius 2 is 1.54 bits per heavy atom. The number of rotatable bonds is 5. The Hall–Kier alpha value is -2.36. The molecule has 0 atom stereocenters. The van der Waals surface area contributed by atoms with Crippen molar-refractivity contribution < 1.29 is 35.1 Å². The van der Waals surface area contributed by atoms with E-state index in [2.05, 4.69) is 4.74 Å². The van der Waals surface area contributed by atoms with Crippen LogP contribution in [0.1, 0.15) is 5.56 Å². The lowest BCUT2D eigenvalue weighted by atomic mass is 10.2. The van der Waals surface area contributed by atoms with E-state index in [4.69, 9.17) is 0 Å². The minimum atomic E-state index is -4.85. The molecule has 2 aromatic rings. The van der Waals surface area contributed by atoms with Crippen molar-refractivity contribution in [2.45, 2.75) is 17.7 Å². The van der Waals surface area contributed by atoms with Gasteiger partial charge in [-0.1, -0.05) is 12.1 Å². The van der Waals surface area contributed by atoms with Gasteiger partial charge in [-0.15, -0.1) is 0 Å². The number of nitrogens with one attached hydrogen (secondary N) is 1. The Kier molecular flexibility index (Phi) is 4.97. The number of alkyl halides is 5. The van der Waals surface area contributed by atoms with Gasteiger partial charge in [0.1, 0.15) is 5.75 Å². The van der Waals surface area contributed by atoms with Gasteiger partial charge in [0.05, 0.1) is 10.5 Å². The molecule has 0 saturated carbocycles. The van der Waals surface area contributed by atoms with Gasteiger partial charge in [-0.05, 0) is 36.4 Å². The molecule has 10 heteroatoms. The van der Waals surface area contributed by atoms with Gasteiger partial charge >= 0.3 is 12.8 Å². The monoisotopic (exact) mass is 367 g/mol. The molecular formula is C14H10F5NO3S. The van der Waals surface area contributed by atoms with Crippen LogP contribution < -0.4 is 9.46 Å². The summed E-state index contributed by atoms with van der Waals surface area (Å²) in [7, 11) is -4.52. The van der Waals surface area contributed by atoms with Crippen LogP contribution in [-0.2, 0) is 16.2 Å². The number of ether oxygens (including phenoxy) is 1. The highest BCUT2D eigenvalue weighted by molar-refractivity contribution is 7.92. The number of halogens is 5. The topological polar surface area (TPSA) is 55.4 Å². The van der Waals surface area contributed by atoms with Crippen LogP contribution in [0.2, 0.25) is 0 Å². The van der Waals surface area contributed by atoms with Gasteiger partial charge in [-0.25, -0.2) is 8.42 Å². The highest BCUT2D eigenvalue weighted by atomic mass is 32.2. The SMILES string of the molecule is O=S(=O)(Nc1ccc(OC(F)F)cc1)c1ccccc1C(F)(F)F. The second-order valence-electron chi connectivity index (χ2n) is 4.50. The number of hydrogen-bond donors (Lipinski definition) is 1. The van der Waals surface area contributed by atoms with Crippen molar-refractivity contribution in [2.24, 2.45) is 0 Å². The van der Waals surface area contributed by atoms with Gasteiger partial charge in [0.2, 0.25) is 0 Å². The minimum Gasteiger partial charge on any atom is -0.435 e. The Labute approximate surface area is 133 Å². The molecule has 0 aliphatic heterocycles. The number of anilines is 1.